The van der Waals surface area contributed by atoms with Crippen molar-refractivity contribution in [1.29, 1.82) is 0 Å². The predicted octanol–water partition coefficient (Wildman–Crippen LogP) is 2.45. The second-order valence-electron chi connectivity index (χ2n) is 5.20. The van der Waals surface area contributed by atoms with E-state index in [0.717, 1.165) is 18.6 Å². The molecule has 1 N–H and O–H groups in total. The Bertz CT molecular complexity index is 426. The van der Waals surface area contributed by atoms with Crippen LogP contribution in [0.1, 0.15) is 31.7 Å². The van der Waals surface area contributed by atoms with Crippen LogP contribution in [0.2, 0.25) is 0 Å². The Balaban J connectivity index is 1.78. The largest absolute Gasteiger partial charge is 0.494 e. The summed E-state index contributed by atoms with van der Waals surface area (Å²) in [6.07, 6.45) is 2.92. The second-order valence-corrected chi connectivity index (χ2v) is 5.20. The van der Waals surface area contributed by atoms with Gasteiger partial charge >= 0.3 is 5.97 Å². The highest BCUT2D eigenvalue weighted by atomic mass is 16.5. The first-order chi connectivity index (χ1) is 9.69. The zero-order valence-corrected chi connectivity index (χ0v) is 12.2. The number of hydrogen-bond acceptors (Lipinski definition) is 4. The summed E-state index contributed by atoms with van der Waals surface area (Å²) in [4.78, 5) is 11.9. The maximum Gasteiger partial charge on any atom is 0.323 e. The molecule has 0 aromatic heterocycles. The minimum atomic E-state index is -0.257. The Morgan fingerprint density at radius 2 is 2.05 bits per heavy atom. The number of aryl methyl sites for hydroxylation is 1. The Kier molecular flexibility index (Phi) is 5.41. The summed E-state index contributed by atoms with van der Waals surface area (Å²) in [6.45, 7) is 4.79. The van der Waals surface area contributed by atoms with E-state index >= 15 is 0 Å². The quantitative estimate of drug-likeness (QED) is 0.741. The molecule has 1 fully saturated rings. The number of benzene rings is 1. The second kappa shape index (κ2) is 7.29. The van der Waals surface area contributed by atoms with Crippen LogP contribution in [-0.4, -0.2) is 31.3 Å². The van der Waals surface area contributed by atoms with Gasteiger partial charge in [0.1, 0.15) is 11.8 Å². The summed E-state index contributed by atoms with van der Waals surface area (Å²) in [7, 11) is 0. The monoisotopic (exact) mass is 277 g/mol. The van der Waals surface area contributed by atoms with E-state index in [1.807, 2.05) is 38.1 Å². The number of esters is 1. The van der Waals surface area contributed by atoms with E-state index in [1.165, 1.54) is 5.56 Å². The zero-order valence-electron chi connectivity index (χ0n) is 12.2. The molecule has 110 valence electrons. The van der Waals surface area contributed by atoms with Crippen LogP contribution in [0.15, 0.2) is 24.3 Å². The van der Waals surface area contributed by atoms with Gasteiger partial charge in [-0.25, -0.2) is 0 Å². The molecule has 4 nitrogen and oxygen atoms in total. The first-order valence-electron chi connectivity index (χ1n) is 7.31. The topological polar surface area (TPSA) is 47.6 Å². The van der Waals surface area contributed by atoms with Crippen molar-refractivity contribution in [2.75, 3.05) is 13.2 Å². The van der Waals surface area contributed by atoms with Gasteiger partial charge in [0.05, 0.1) is 13.2 Å². The van der Waals surface area contributed by atoms with Crippen LogP contribution in [0.3, 0.4) is 0 Å². The summed E-state index contributed by atoms with van der Waals surface area (Å²) in [5.74, 6) is 0.663. The van der Waals surface area contributed by atoms with Crippen LogP contribution < -0.4 is 10.1 Å². The Morgan fingerprint density at radius 1 is 1.35 bits per heavy atom. The summed E-state index contributed by atoms with van der Waals surface area (Å²) in [6, 6.07) is 8.14. The third kappa shape index (κ3) is 4.85. The van der Waals surface area contributed by atoms with E-state index in [0.29, 0.717) is 25.7 Å². The van der Waals surface area contributed by atoms with Gasteiger partial charge < -0.3 is 14.8 Å². The highest BCUT2D eigenvalue weighted by Crippen LogP contribution is 2.20. The highest BCUT2D eigenvalue weighted by molar-refractivity contribution is 5.75. The Labute approximate surface area is 120 Å². The summed E-state index contributed by atoms with van der Waals surface area (Å²) < 4.78 is 10.8. The molecular formula is C16H23NO3. The fourth-order valence-corrected chi connectivity index (χ4v) is 1.98. The smallest absolute Gasteiger partial charge is 0.323 e. The van der Waals surface area contributed by atoms with Gasteiger partial charge in [0, 0.05) is 12.5 Å². The van der Waals surface area contributed by atoms with E-state index in [2.05, 4.69) is 5.32 Å². The molecule has 1 aromatic carbocycles. The molecule has 0 amide bonds. The average molecular weight is 277 g/mol. The van der Waals surface area contributed by atoms with Crippen molar-refractivity contribution in [2.24, 2.45) is 0 Å². The molecular weight excluding hydrogens is 254 g/mol. The third-order valence-electron chi connectivity index (χ3n) is 3.28. The maximum atomic E-state index is 11.9. The lowest BCUT2D eigenvalue weighted by Gasteiger charge is -2.17. The van der Waals surface area contributed by atoms with Crippen LogP contribution in [0.25, 0.3) is 0 Å². The van der Waals surface area contributed by atoms with Gasteiger partial charge in [-0.3, -0.25) is 4.79 Å². The van der Waals surface area contributed by atoms with Crippen molar-refractivity contribution < 1.29 is 14.3 Å². The van der Waals surface area contributed by atoms with Gasteiger partial charge in [0.15, 0.2) is 0 Å². The van der Waals surface area contributed by atoms with Crippen molar-refractivity contribution in [3.8, 4) is 5.75 Å². The van der Waals surface area contributed by atoms with Gasteiger partial charge in [-0.15, -0.1) is 0 Å². The lowest BCUT2D eigenvalue weighted by atomic mass is 10.2. The lowest BCUT2D eigenvalue weighted by Crippen LogP contribution is -2.40. The van der Waals surface area contributed by atoms with Crippen molar-refractivity contribution >= 4 is 5.97 Å². The number of ether oxygens (including phenoxy) is 2. The molecule has 0 spiro atoms. The van der Waals surface area contributed by atoms with E-state index < -0.39 is 0 Å². The van der Waals surface area contributed by atoms with Gasteiger partial charge in [0.2, 0.25) is 0 Å². The van der Waals surface area contributed by atoms with E-state index in [9.17, 15) is 4.79 Å². The zero-order chi connectivity index (χ0) is 14.4. The molecule has 1 aliphatic carbocycles. The van der Waals surface area contributed by atoms with Gasteiger partial charge in [0.25, 0.3) is 0 Å². The van der Waals surface area contributed by atoms with Gasteiger partial charge in [-0.1, -0.05) is 17.7 Å². The molecule has 1 aromatic rings. The van der Waals surface area contributed by atoms with Gasteiger partial charge in [-0.05, 0) is 38.8 Å². The standard InChI is InChI=1S/C16H23NO3/c1-3-19-16(18)15(17-13-6-7-13)10-11-20-14-8-4-12(2)5-9-14/h4-5,8-9,13,15,17H,3,6-7,10-11H2,1-2H3. The van der Waals surface area contributed by atoms with Crippen LogP contribution in [-0.2, 0) is 9.53 Å². The molecule has 0 saturated heterocycles. The van der Waals surface area contributed by atoms with Crippen LogP contribution in [0, 0.1) is 6.92 Å². The van der Waals surface area contributed by atoms with E-state index in [1.54, 1.807) is 0 Å². The average Bonchev–Trinajstić information content (AvgIpc) is 3.24. The number of rotatable bonds is 8. The maximum absolute atomic E-state index is 11.9. The van der Waals surface area contributed by atoms with Crippen LogP contribution in [0.4, 0.5) is 0 Å². The molecule has 0 heterocycles. The fraction of sp³-hybridized carbons (Fsp3) is 0.562. The van der Waals surface area contributed by atoms with Gasteiger partial charge in [-0.2, -0.15) is 0 Å². The fourth-order valence-electron chi connectivity index (χ4n) is 1.98. The summed E-state index contributed by atoms with van der Waals surface area (Å²) in [5.41, 5.74) is 1.21. The minimum absolute atomic E-state index is 0.174. The molecule has 1 saturated carbocycles. The Hall–Kier alpha value is -1.55. The van der Waals surface area contributed by atoms with E-state index in [4.69, 9.17) is 9.47 Å². The molecule has 1 atom stereocenters. The van der Waals surface area contributed by atoms with Crippen molar-refractivity contribution in [3.05, 3.63) is 29.8 Å². The predicted molar refractivity (Wildman–Crippen MR) is 77.9 cm³/mol. The highest BCUT2D eigenvalue weighted by Gasteiger charge is 2.29. The first-order valence-corrected chi connectivity index (χ1v) is 7.31. The van der Waals surface area contributed by atoms with Crippen molar-refractivity contribution in [2.45, 2.75) is 45.2 Å². The molecule has 2 rings (SSSR count). The first kappa shape index (κ1) is 14.9. The SMILES string of the molecule is CCOC(=O)C(CCOc1ccc(C)cc1)NC1CC1. The number of carbonyl (C=O) groups excluding carboxylic acids is 1. The molecule has 4 heteroatoms. The summed E-state index contributed by atoms with van der Waals surface area (Å²) in [5, 5.41) is 3.32. The normalized spacial score (nSPS) is 15.7. The molecule has 0 radical (unpaired) electrons. The molecule has 1 aliphatic rings. The van der Waals surface area contributed by atoms with Crippen molar-refractivity contribution in [3.63, 3.8) is 0 Å². The van der Waals surface area contributed by atoms with Crippen LogP contribution in [0.5, 0.6) is 5.75 Å². The molecule has 0 bridgehead atoms. The Morgan fingerprint density at radius 3 is 2.65 bits per heavy atom. The third-order valence-corrected chi connectivity index (χ3v) is 3.28. The van der Waals surface area contributed by atoms with E-state index in [-0.39, 0.29) is 12.0 Å². The summed E-state index contributed by atoms with van der Waals surface area (Å²) >= 11 is 0. The molecule has 0 aliphatic heterocycles. The number of hydrogen-bond donors (Lipinski definition) is 1. The van der Waals surface area contributed by atoms with Crippen LogP contribution >= 0.6 is 0 Å². The number of carbonyl (C=O) groups is 1. The lowest BCUT2D eigenvalue weighted by molar-refractivity contribution is -0.146. The van der Waals surface area contributed by atoms with Crippen molar-refractivity contribution in [1.82, 2.24) is 5.32 Å². The molecule has 20 heavy (non-hydrogen) atoms. The number of nitrogens with one attached hydrogen (secondary N) is 1. The minimum Gasteiger partial charge on any atom is -0.494 e. The molecule has 1 unspecified atom stereocenters.